The summed E-state index contributed by atoms with van der Waals surface area (Å²) in [6.07, 6.45) is 2.02. The second-order valence-electron chi connectivity index (χ2n) is 6.42. The van der Waals surface area contributed by atoms with Crippen LogP contribution in [0.4, 0.5) is 0 Å². The van der Waals surface area contributed by atoms with Crippen LogP contribution in [0, 0.1) is 5.92 Å². The first kappa shape index (κ1) is 19.9. The summed E-state index contributed by atoms with van der Waals surface area (Å²) in [5.41, 5.74) is 2.87. The molecule has 0 heterocycles. The van der Waals surface area contributed by atoms with E-state index in [1.165, 1.54) is 7.11 Å². The van der Waals surface area contributed by atoms with Gasteiger partial charge in [0.1, 0.15) is 6.04 Å². The molecule has 1 aliphatic rings. The number of rotatable bonds is 6. The Bertz CT molecular complexity index is 701. The van der Waals surface area contributed by atoms with E-state index in [0.29, 0.717) is 17.5 Å². The molecule has 0 radical (unpaired) electrons. The lowest BCUT2D eigenvalue weighted by Crippen LogP contribution is -2.46. The van der Waals surface area contributed by atoms with E-state index in [9.17, 15) is 14.4 Å². The predicted octanol–water partition coefficient (Wildman–Crippen LogP) is 3.11. The highest BCUT2D eigenvalue weighted by Gasteiger charge is 2.34. The summed E-state index contributed by atoms with van der Waals surface area (Å²) in [4.78, 5) is 37.3. The molecule has 5 nitrogen and oxygen atoms in total. The maximum atomic E-state index is 12.9. The lowest BCUT2D eigenvalue weighted by Gasteiger charge is -2.22. The third-order valence-corrected chi connectivity index (χ3v) is 5.86. The number of ether oxygens (including phenoxy) is 1. The number of esters is 1. The fraction of sp³-hybridized carbons (Fsp3) is 0.526. The minimum atomic E-state index is -0.698. The first-order valence-electron chi connectivity index (χ1n) is 8.56. The fourth-order valence-corrected chi connectivity index (χ4v) is 3.81. The monoisotopic (exact) mass is 457 g/mol. The molecule has 0 spiro atoms. The van der Waals surface area contributed by atoms with Crippen molar-refractivity contribution in [1.29, 1.82) is 0 Å². The Morgan fingerprint density at radius 1 is 1.36 bits per heavy atom. The number of benzene rings is 1. The number of carbonyl (C=O) groups excluding carboxylic acids is 3. The van der Waals surface area contributed by atoms with E-state index in [-0.39, 0.29) is 21.5 Å². The molecule has 1 aromatic carbocycles. The summed E-state index contributed by atoms with van der Waals surface area (Å²) in [5, 5.41) is 2.82. The Morgan fingerprint density at radius 3 is 2.60 bits per heavy atom. The smallest absolute Gasteiger partial charge is 0.328 e. The molecule has 6 heteroatoms. The molecule has 2 rings (SSSR count). The molecule has 0 fully saturated rings. The zero-order chi connectivity index (χ0) is 18.7. The van der Waals surface area contributed by atoms with Gasteiger partial charge in [0.05, 0.1) is 11.0 Å². The molecular weight excluding hydrogens is 433 g/mol. The SMILES string of the molecule is CCc1cc(C(=O)NC(C(=O)OC)C(C)CC)c2c(c1)C(=O)C(I)C2. The first-order chi connectivity index (χ1) is 11.8. The second-order valence-corrected chi connectivity index (χ2v) is 7.92. The number of carbonyl (C=O) groups is 3. The summed E-state index contributed by atoms with van der Waals surface area (Å²) in [5.74, 6) is -0.737. The summed E-state index contributed by atoms with van der Waals surface area (Å²) in [6.45, 7) is 5.85. The van der Waals surface area contributed by atoms with Crippen LogP contribution in [0.2, 0.25) is 0 Å². The maximum absolute atomic E-state index is 12.9. The van der Waals surface area contributed by atoms with E-state index in [4.69, 9.17) is 4.74 Å². The van der Waals surface area contributed by atoms with Crippen molar-refractivity contribution in [3.05, 3.63) is 34.4 Å². The van der Waals surface area contributed by atoms with E-state index < -0.39 is 12.0 Å². The van der Waals surface area contributed by atoms with Crippen LogP contribution in [0.1, 0.15) is 59.0 Å². The van der Waals surface area contributed by atoms with Gasteiger partial charge in [-0.3, -0.25) is 9.59 Å². The number of halogens is 1. The Morgan fingerprint density at radius 2 is 2.04 bits per heavy atom. The molecule has 0 saturated heterocycles. The topological polar surface area (TPSA) is 72.5 Å². The normalized spacial score (nSPS) is 18.4. The highest BCUT2D eigenvalue weighted by Crippen LogP contribution is 2.31. The summed E-state index contributed by atoms with van der Waals surface area (Å²) in [7, 11) is 1.32. The van der Waals surface area contributed by atoms with Crippen molar-refractivity contribution < 1.29 is 19.1 Å². The average Bonchev–Trinajstić information content (AvgIpc) is 2.91. The van der Waals surface area contributed by atoms with Crippen molar-refractivity contribution in [2.24, 2.45) is 5.92 Å². The third-order valence-electron chi connectivity index (χ3n) is 4.85. The Hall–Kier alpha value is -1.44. The summed E-state index contributed by atoms with van der Waals surface area (Å²) >= 11 is 2.12. The van der Waals surface area contributed by atoms with Crippen molar-refractivity contribution in [2.45, 2.75) is 50.0 Å². The first-order valence-corrected chi connectivity index (χ1v) is 9.81. The van der Waals surface area contributed by atoms with Crippen LogP contribution in [-0.4, -0.2) is 34.7 Å². The number of fused-ring (bicyclic) bond motifs is 1. The van der Waals surface area contributed by atoms with Crippen LogP contribution in [0.15, 0.2) is 12.1 Å². The van der Waals surface area contributed by atoms with Gasteiger partial charge >= 0.3 is 5.97 Å². The lowest BCUT2D eigenvalue weighted by atomic mass is 9.95. The van der Waals surface area contributed by atoms with Gasteiger partial charge in [-0.1, -0.05) is 49.8 Å². The quantitative estimate of drug-likeness (QED) is 0.405. The van der Waals surface area contributed by atoms with E-state index >= 15 is 0 Å². The average molecular weight is 457 g/mol. The van der Waals surface area contributed by atoms with Gasteiger partial charge in [0.2, 0.25) is 0 Å². The minimum absolute atomic E-state index is 0.0437. The van der Waals surface area contributed by atoms with Gasteiger partial charge in [-0.05, 0) is 42.0 Å². The van der Waals surface area contributed by atoms with Crippen LogP contribution >= 0.6 is 22.6 Å². The van der Waals surface area contributed by atoms with Gasteiger partial charge in [-0.2, -0.15) is 0 Å². The van der Waals surface area contributed by atoms with Crippen LogP contribution in [0.3, 0.4) is 0 Å². The molecule has 1 aromatic rings. The fourth-order valence-electron chi connectivity index (χ4n) is 3.03. The van der Waals surface area contributed by atoms with E-state index in [0.717, 1.165) is 24.0 Å². The molecule has 1 aliphatic carbocycles. The van der Waals surface area contributed by atoms with Crippen molar-refractivity contribution in [3.63, 3.8) is 0 Å². The highest BCUT2D eigenvalue weighted by atomic mass is 127. The Labute approximate surface area is 162 Å². The van der Waals surface area contributed by atoms with Crippen LogP contribution in [-0.2, 0) is 22.4 Å². The van der Waals surface area contributed by atoms with E-state index in [1.54, 1.807) is 0 Å². The zero-order valence-corrected chi connectivity index (χ0v) is 17.2. The van der Waals surface area contributed by atoms with Gasteiger partial charge in [-0.15, -0.1) is 0 Å². The second kappa shape index (κ2) is 8.29. The molecular formula is C19H24INO4. The molecule has 1 amide bonds. The van der Waals surface area contributed by atoms with Crippen LogP contribution < -0.4 is 5.32 Å². The highest BCUT2D eigenvalue weighted by molar-refractivity contribution is 14.1. The Kier molecular flexibility index (Phi) is 6.59. The van der Waals surface area contributed by atoms with Gasteiger partial charge in [0.15, 0.2) is 5.78 Å². The van der Waals surface area contributed by atoms with Crippen molar-refractivity contribution >= 4 is 40.3 Å². The van der Waals surface area contributed by atoms with Gasteiger partial charge in [0.25, 0.3) is 5.91 Å². The predicted molar refractivity (Wildman–Crippen MR) is 104 cm³/mol. The van der Waals surface area contributed by atoms with Crippen LogP contribution in [0.5, 0.6) is 0 Å². The largest absolute Gasteiger partial charge is 0.467 e. The van der Waals surface area contributed by atoms with E-state index in [2.05, 4.69) is 27.9 Å². The van der Waals surface area contributed by atoms with Gasteiger partial charge in [0, 0.05) is 11.1 Å². The molecule has 25 heavy (non-hydrogen) atoms. The molecule has 0 aromatic heterocycles. The number of nitrogens with one attached hydrogen (secondary N) is 1. The minimum Gasteiger partial charge on any atom is -0.467 e. The number of methoxy groups -OCH3 is 1. The van der Waals surface area contributed by atoms with E-state index in [1.807, 2.05) is 32.9 Å². The molecule has 0 bridgehead atoms. The molecule has 3 unspecified atom stereocenters. The molecule has 0 aliphatic heterocycles. The van der Waals surface area contributed by atoms with Crippen molar-refractivity contribution in [1.82, 2.24) is 5.32 Å². The van der Waals surface area contributed by atoms with Crippen LogP contribution in [0.25, 0.3) is 0 Å². The van der Waals surface area contributed by atoms with Crippen molar-refractivity contribution in [3.8, 4) is 0 Å². The molecule has 0 saturated carbocycles. The maximum Gasteiger partial charge on any atom is 0.328 e. The molecule has 3 atom stereocenters. The number of amides is 1. The number of hydrogen-bond donors (Lipinski definition) is 1. The molecule has 136 valence electrons. The standard InChI is InChI=1S/C19H24INO4/c1-5-10(3)16(19(24)25-4)21-18(23)14-8-11(6-2)7-13-12(14)9-15(20)17(13)22/h7-8,10,15-16H,5-6,9H2,1-4H3,(H,21,23). The Balaban J connectivity index is 2.39. The zero-order valence-electron chi connectivity index (χ0n) is 15.0. The number of hydrogen-bond acceptors (Lipinski definition) is 4. The third kappa shape index (κ3) is 4.04. The summed E-state index contributed by atoms with van der Waals surface area (Å²) < 4.78 is 4.69. The number of alkyl halides is 1. The lowest BCUT2D eigenvalue weighted by molar-refractivity contribution is -0.144. The van der Waals surface area contributed by atoms with Gasteiger partial charge in [-0.25, -0.2) is 4.79 Å². The molecule has 1 N–H and O–H groups in total. The van der Waals surface area contributed by atoms with Gasteiger partial charge < -0.3 is 10.1 Å². The number of Topliss-reactive ketones (excluding diaryl/α,β-unsaturated/α-hetero) is 1. The summed E-state index contributed by atoms with van der Waals surface area (Å²) in [6, 6.07) is 3.02. The van der Waals surface area contributed by atoms with Crippen molar-refractivity contribution in [2.75, 3.05) is 7.11 Å². The number of ketones is 1. The number of aryl methyl sites for hydroxylation is 1.